The second kappa shape index (κ2) is 15.2. The fraction of sp³-hybridized carbons (Fsp3) is 0. The van der Waals surface area contributed by atoms with E-state index < -0.39 is 0 Å². The van der Waals surface area contributed by atoms with Crippen LogP contribution in [0.1, 0.15) is 0 Å². The highest BCUT2D eigenvalue weighted by atomic mass is 15.0. The second-order valence-electron chi connectivity index (χ2n) is 15.9. The van der Waals surface area contributed by atoms with Crippen molar-refractivity contribution >= 4 is 43.5 Å². The zero-order valence-corrected chi connectivity index (χ0v) is 34.2. The molecule has 0 amide bonds. The Bertz CT molecular complexity index is 3530. The summed E-state index contributed by atoms with van der Waals surface area (Å²) in [6, 6.07) is 81.4. The highest BCUT2D eigenvalue weighted by Crippen LogP contribution is 2.43. The monoisotopic (exact) mass is 802 g/mol. The van der Waals surface area contributed by atoms with Crippen molar-refractivity contribution in [1.29, 1.82) is 0 Å². The lowest BCUT2D eigenvalue weighted by Crippen LogP contribution is -2.01. The van der Waals surface area contributed by atoms with Crippen LogP contribution in [0, 0.1) is 0 Å². The Balaban J connectivity index is 1.07. The van der Waals surface area contributed by atoms with E-state index in [1.165, 1.54) is 21.9 Å². The van der Waals surface area contributed by atoms with Gasteiger partial charge >= 0.3 is 0 Å². The molecule has 63 heavy (non-hydrogen) atoms. The van der Waals surface area contributed by atoms with Gasteiger partial charge in [-0.15, -0.1) is 0 Å². The first kappa shape index (κ1) is 36.4. The van der Waals surface area contributed by atoms with Crippen LogP contribution < -0.4 is 0 Å². The van der Waals surface area contributed by atoms with Gasteiger partial charge in [-0.3, -0.25) is 0 Å². The van der Waals surface area contributed by atoms with E-state index in [0.29, 0.717) is 5.82 Å². The van der Waals surface area contributed by atoms with Crippen LogP contribution in [-0.4, -0.2) is 19.5 Å². The van der Waals surface area contributed by atoms with Crippen molar-refractivity contribution in [1.82, 2.24) is 19.5 Å². The maximum Gasteiger partial charge on any atom is 0.161 e. The number of rotatable bonds is 7. The molecule has 0 aliphatic heterocycles. The van der Waals surface area contributed by atoms with E-state index in [-0.39, 0.29) is 0 Å². The van der Waals surface area contributed by atoms with Crippen molar-refractivity contribution in [3.8, 4) is 73.1 Å². The number of nitrogens with zero attached hydrogens (tertiary/aromatic N) is 4. The van der Waals surface area contributed by atoms with Crippen LogP contribution in [0.2, 0.25) is 0 Å². The van der Waals surface area contributed by atoms with Crippen LogP contribution in [-0.2, 0) is 0 Å². The zero-order valence-electron chi connectivity index (χ0n) is 34.2. The lowest BCUT2D eigenvalue weighted by atomic mass is 9.99. The van der Waals surface area contributed by atoms with E-state index in [9.17, 15) is 0 Å². The molecule has 3 heterocycles. The SMILES string of the molecule is c1ccc(-c2ccc(-c3cc(-c4ccc(-c5ccccc5)cc4)nc(-c4ccc(-n5c6ccccc6c6c7ccccc7nc(-c7ccccc7)c65)c5ccccc45)n3)cc2)cc1. The summed E-state index contributed by atoms with van der Waals surface area (Å²) in [5.41, 5.74) is 15.7. The molecule has 0 radical (unpaired) electrons. The molecular weight excluding hydrogens is 765 g/mol. The number of pyridine rings is 1. The summed E-state index contributed by atoms with van der Waals surface area (Å²) < 4.78 is 2.42. The highest BCUT2D eigenvalue weighted by Gasteiger charge is 2.23. The van der Waals surface area contributed by atoms with Crippen molar-refractivity contribution in [2.45, 2.75) is 0 Å². The van der Waals surface area contributed by atoms with Gasteiger partial charge in [-0.2, -0.15) is 0 Å². The van der Waals surface area contributed by atoms with Gasteiger partial charge in [0.2, 0.25) is 0 Å². The third-order valence-electron chi connectivity index (χ3n) is 12.2. The van der Waals surface area contributed by atoms with Crippen molar-refractivity contribution in [2.75, 3.05) is 0 Å². The van der Waals surface area contributed by atoms with Crippen LogP contribution in [0.15, 0.2) is 231 Å². The summed E-state index contributed by atoms with van der Waals surface area (Å²) in [4.78, 5) is 16.1. The summed E-state index contributed by atoms with van der Waals surface area (Å²) in [5.74, 6) is 0.671. The van der Waals surface area contributed by atoms with Gasteiger partial charge in [0.15, 0.2) is 5.82 Å². The zero-order chi connectivity index (χ0) is 41.7. The smallest absolute Gasteiger partial charge is 0.161 e. The van der Waals surface area contributed by atoms with E-state index in [1.807, 2.05) is 12.1 Å². The van der Waals surface area contributed by atoms with Gasteiger partial charge in [-0.25, -0.2) is 15.0 Å². The van der Waals surface area contributed by atoms with Crippen LogP contribution in [0.3, 0.4) is 0 Å². The summed E-state index contributed by atoms with van der Waals surface area (Å²) in [6.45, 7) is 0. The quantitative estimate of drug-likeness (QED) is 0.161. The van der Waals surface area contributed by atoms with Crippen LogP contribution in [0.4, 0.5) is 0 Å². The largest absolute Gasteiger partial charge is 0.306 e. The molecule has 0 bridgehead atoms. The summed E-state index contributed by atoms with van der Waals surface area (Å²) in [5, 5.41) is 5.68. The molecule has 0 aliphatic carbocycles. The minimum Gasteiger partial charge on any atom is -0.306 e. The number of para-hydroxylation sites is 2. The molecule has 3 aromatic heterocycles. The molecule has 0 atom stereocenters. The minimum atomic E-state index is 0.671. The molecule has 0 fully saturated rings. The molecule has 0 aliphatic rings. The maximum atomic E-state index is 5.38. The molecule has 4 heteroatoms. The summed E-state index contributed by atoms with van der Waals surface area (Å²) in [7, 11) is 0. The van der Waals surface area contributed by atoms with E-state index in [1.54, 1.807) is 0 Å². The first-order chi connectivity index (χ1) is 31.2. The van der Waals surface area contributed by atoms with Gasteiger partial charge in [0, 0.05) is 43.8 Å². The first-order valence-electron chi connectivity index (χ1n) is 21.4. The first-order valence-corrected chi connectivity index (χ1v) is 21.4. The standard InChI is InChI=1S/C59H38N4/c1-4-16-39(17-5-1)41-28-32-43(33-29-41)52-38-53(44-34-30-42(31-35-44)40-18-6-2-7-19-40)62-59(61-52)48-36-37-55(47-23-11-10-22-46(47)48)63-54-27-15-13-25-50(54)56-49-24-12-14-26-51(49)60-57(58(56)63)45-20-8-3-9-21-45/h1-38H. The molecule has 294 valence electrons. The third kappa shape index (κ3) is 6.36. The lowest BCUT2D eigenvalue weighted by molar-refractivity contribution is 1.17. The van der Waals surface area contributed by atoms with E-state index in [4.69, 9.17) is 15.0 Å². The lowest BCUT2D eigenvalue weighted by Gasteiger charge is -2.17. The van der Waals surface area contributed by atoms with E-state index >= 15 is 0 Å². The Morgan fingerprint density at radius 2 is 0.778 bits per heavy atom. The van der Waals surface area contributed by atoms with Crippen molar-refractivity contribution < 1.29 is 0 Å². The normalized spacial score (nSPS) is 11.5. The van der Waals surface area contributed by atoms with Gasteiger partial charge in [0.25, 0.3) is 0 Å². The molecular formula is C59H38N4. The predicted molar refractivity (Wildman–Crippen MR) is 262 cm³/mol. The molecule has 4 nitrogen and oxygen atoms in total. The summed E-state index contributed by atoms with van der Waals surface area (Å²) >= 11 is 0. The van der Waals surface area contributed by atoms with Gasteiger partial charge in [-0.1, -0.05) is 200 Å². The van der Waals surface area contributed by atoms with Gasteiger partial charge in [0.1, 0.15) is 0 Å². The molecule has 0 saturated carbocycles. The molecule has 0 spiro atoms. The number of aromatic nitrogens is 4. The van der Waals surface area contributed by atoms with Gasteiger partial charge < -0.3 is 4.57 Å². The molecule has 0 saturated heterocycles. The van der Waals surface area contributed by atoms with E-state index in [2.05, 4.69) is 223 Å². The fourth-order valence-electron chi connectivity index (χ4n) is 9.20. The topological polar surface area (TPSA) is 43.6 Å². The van der Waals surface area contributed by atoms with Gasteiger partial charge in [-0.05, 0) is 58.0 Å². The number of benzene rings is 9. The third-order valence-corrected chi connectivity index (χ3v) is 12.2. The Kier molecular flexibility index (Phi) is 8.79. The van der Waals surface area contributed by atoms with Crippen LogP contribution >= 0.6 is 0 Å². The summed E-state index contributed by atoms with van der Waals surface area (Å²) in [6.07, 6.45) is 0. The average molecular weight is 803 g/mol. The molecule has 0 N–H and O–H groups in total. The molecule has 12 rings (SSSR count). The van der Waals surface area contributed by atoms with Crippen molar-refractivity contribution in [2.24, 2.45) is 0 Å². The fourth-order valence-corrected chi connectivity index (χ4v) is 9.20. The van der Waals surface area contributed by atoms with E-state index in [0.717, 1.165) is 88.9 Å². The van der Waals surface area contributed by atoms with Crippen LogP contribution in [0.25, 0.3) is 117 Å². The minimum absolute atomic E-state index is 0.671. The number of hydrogen-bond acceptors (Lipinski definition) is 3. The Morgan fingerprint density at radius 1 is 0.317 bits per heavy atom. The number of hydrogen-bond donors (Lipinski definition) is 0. The average Bonchev–Trinajstić information content (AvgIpc) is 3.72. The Labute approximate surface area is 365 Å². The predicted octanol–water partition coefficient (Wildman–Crippen LogP) is 15.3. The van der Waals surface area contributed by atoms with Crippen LogP contribution in [0.5, 0.6) is 0 Å². The highest BCUT2D eigenvalue weighted by molar-refractivity contribution is 6.24. The van der Waals surface area contributed by atoms with Crippen molar-refractivity contribution in [3.63, 3.8) is 0 Å². The Morgan fingerprint density at radius 3 is 1.38 bits per heavy atom. The maximum absolute atomic E-state index is 5.38. The number of fused-ring (bicyclic) bond motifs is 6. The Hall–Kier alpha value is -8.47. The van der Waals surface area contributed by atoms with Gasteiger partial charge in [0.05, 0.1) is 39.3 Å². The van der Waals surface area contributed by atoms with Crippen molar-refractivity contribution in [3.05, 3.63) is 231 Å². The molecule has 0 unspecified atom stereocenters. The second-order valence-corrected chi connectivity index (χ2v) is 15.9. The molecule has 12 aromatic rings. The molecule has 9 aromatic carbocycles.